The summed E-state index contributed by atoms with van der Waals surface area (Å²) in [4.78, 5) is 27.7. The number of aromatic nitrogens is 2. The van der Waals surface area contributed by atoms with Crippen molar-refractivity contribution >= 4 is 17.7 Å². The Hall–Kier alpha value is -1.37. The molecule has 0 saturated carbocycles. The third-order valence-corrected chi connectivity index (χ3v) is 2.16. The Morgan fingerprint density at radius 2 is 2.53 bits per heavy atom. The second-order valence-corrected chi connectivity index (χ2v) is 3.46. The fourth-order valence-electron chi connectivity index (χ4n) is 0.766. The molecule has 1 heterocycles. The third-order valence-electron chi connectivity index (χ3n) is 1.33. The summed E-state index contributed by atoms with van der Waals surface area (Å²) in [6.07, 6.45) is 1.24. The van der Waals surface area contributed by atoms with Gasteiger partial charge in [-0.05, 0) is 18.7 Å². The number of carbonyl (C=O) groups is 1. The molecule has 1 unspecified atom stereocenters. The van der Waals surface area contributed by atoms with E-state index in [9.17, 15) is 14.0 Å². The van der Waals surface area contributed by atoms with Gasteiger partial charge in [0.1, 0.15) is 0 Å². The summed E-state index contributed by atoms with van der Waals surface area (Å²) < 4.78 is 17.6. The number of carbonyl (C=O) groups excluding carboxylic acids is 1. The summed E-state index contributed by atoms with van der Waals surface area (Å²) in [5.41, 5.74) is -2.28. The van der Waals surface area contributed by atoms with E-state index in [0.29, 0.717) is 11.8 Å². The predicted molar refractivity (Wildman–Crippen MR) is 52.2 cm³/mol. The number of halogens is 1. The fourth-order valence-corrected chi connectivity index (χ4v) is 1.41. The van der Waals surface area contributed by atoms with Crippen molar-refractivity contribution in [3.8, 4) is 0 Å². The smallest absolute Gasteiger partial charge is 0.351 e. The lowest BCUT2D eigenvalue weighted by Crippen LogP contribution is -2.16. The van der Waals surface area contributed by atoms with E-state index < -0.39 is 17.0 Å². The standard InChI is InChI=1S/C8H9FN2O3S/c1-2-14-7(13)6(9)15-8-10-4-3-5(12)11-8/h3-4,6H,2H2,1H3,(H,10,11,12). The number of rotatable bonds is 4. The molecule has 0 aliphatic rings. The maximum Gasteiger partial charge on any atom is 0.351 e. The highest BCUT2D eigenvalue weighted by Crippen LogP contribution is 2.20. The van der Waals surface area contributed by atoms with E-state index >= 15 is 0 Å². The number of thioether (sulfide) groups is 1. The van der Waals surface area contributed by atoms with Gasteiger partial charge in [-0.1, -0.05) is 0 Å². The highest BCUT2D eigenvalue weighted by molar-refractivity contribution is 8.00. The third kappa shape index (κ3) is 3.70. The Morgan fingerprint density at radius 1 is 1.80 bits per heavy atom. The van der Waals surface area contributed by atoms with Gasteiger partial charge >= 0.3 is 5.97 Å². The lowest BCUT2D eigenvalue weighted by molar-refractivity contribution is -0.145. The minimum atomic E-state index is -1.88. The normalized spacial score (nSPS) is 12.1. The zero-order valence-electron chi connectivity index (χ0n) is 7.90. The number of esters is 1. The summed E-state index contributed by atoms with van der Waals surface area (Å²) in [5.74, 6) is -0.978. The van der Waals surface area contributed by atoms with Crippen LogP contribution in [0.2, 0.25) is 0 Å². The monoisotopic (exact) mass is 232 g/mol. The first-order valence-corrected chi connectivity index (χ1v) is 5.04. The van der Waals surface area contributed by atoms with Crippen LogP contribution in [-0.2, 0) is 9.53 Å². The van der Waals surface area contributed by atoms with Crippen molar-refractivity contribution in [3.05, 3.63) is 22.6 Å². The van der Waals surface area contributed by atoms with Gasteiger partial charge in [-0.3, -0.25) is 4.79 Å². The van der Waals surface area contributed by atoms with E-state index in [-0.39, 0.29) is 11.8 Å². The molecule has 0 bridgehead atoms. The molecule has 1 N–H and O–H groups in total. The van der Waals surface area contributed by atoms with Crippen molar-refractivity contribution in [1.29, 1.82) is 0 Å². The van der Waals surface area contributed by atoms with Gasteiger partial charge in [-0.15, -0.1) is 0 Å². The van der Waals surface area contributed by atoms with Crippen molar-refractivity contribution in [3.63, 3.8) is 0 Å². The topological polar surface area (TPSA) is 72.0 Å². The van der Waals surface area contributed by atoms with Gasteiger partial charge in [-0.25, -0.2) is 14.2 Å². The number of hydrogen-bond acceptors (Lipinski definition) is 5. The van der Waals surface area contributed by atoms with Crippen molar-refractivity contribution in [2.45, 2.75) is 17.6 Å². The Bertz CT molecular complexity index is 395. The molecule has 7 heteroatoms. The Morgan fingerprint density at radius 3 is 3.13 bits per heavy atom. The molecule has 1 atom stereocenters. The van der Waals surface area contributed by atoms with Crippen LogP contribution in [0.3, 0.4) is 0 Å². The molecule has 1 aromatic heterocycles. The molecule has 0 fully saturated rings. The first-order valence-electron chi connectivity index (χ1n) is 4.16. The van der Waals surface area contributed by atoms with Gasteiger partial charge in [0.15, 0.2) is 5.16 Å². The van der Waals surface area contributed by atoms with Crippen LogP contribution in [0.15, 0.2) is 22.2 Å². The SMILES string of the molecule is CCOC(=O)C(F)Sc1nccc(=O)[nH]1. The molecule has 0 saturated heterocycles. The van der Waals surface area contributed by atoms with Crippen molar-refractivity contribution in [2.24, 2.45) is 0 Å². The van der Waals surface area contributed by atoms with Crippen LogP contribution in [0.5, 0.6) is 0 Å². The van der Waals surface area contributed by atoms with Gasteiger partial charge in [0.05, 0.1) is 6.61 Å². The molecule has 1 rings (SSSR count). The van der Waals surface area contributed by atoms with Crippen LogP contribution in [0.1, 0.15) is 6.92 Å². The Balaban J connectivity index is 2.62. The van der Waals surface area contributed by atoms with Crippen LogP contribution in [0.25, 0.3) is 0 Å². The van der Waals surface area contributed by atoms with Crippen LogP contribution >= 0.6 is 11.8 Å². The quantitative estimate of drug-likeness (QED) is 0.470. The van der Waals surface area contributed by atoms with Crippen molar-refractivity contribution in [2.75, 3.05) is 6.61 Å². The van der Waals surface area contributed by atoms with E-state index in [0.717, 1.165) is 0 Å². The second kappa shape index (κ2) is 5.50. The zero-order chi connectivity index (χ0) is 11.3. The summed E-state index contributed by atoms with van der Waals surface area (Å²) in [7, 11) is 0. The van der Waals surface area contributed by atoms with Crippen LogP contribution < -0.4 is 5.56 Å². The molecule has 0 radical (unpaired) electrons. The molecule has 82 valence electrons. The molecule has 0 aliphatic heterocycles. The molecular formula is C8H9FN2O3S. The number of hydrogen-bond donors (Lipinski definition) is 1. The van der Waals surface area contributed by atoms with Gasteiger partial charge in [-0.2, -0.15) is 0 Å². The van der Waals surface area contributed by atoms with Crippen molar-refractivity contribution < 1.29 is 13.9 Å². The number of alkyl halides is 1. The maximum atomic E-state index is 13.1. The van der Waals surface area contributed by atoms with Gasteiger partial charge in [0.2, 0.25) is 5.50 Å². The summed E-state index contributed by atoms with van der Waals surface area (Å²) in [5, 5.41) is 0.0445. The number of nitrogens with zero attached hydrogens (tertiary/aromatic N) is 1. The Kier molecular flexibility index (Phi) is 4.29. The van der Waals surface area contributed by atoms with Crippen LogP contribution in [0, 0.1) is 0 Å². The number of aromatic amines is 1. The molecule has 0 aliphatic carbocycles. The molecular weight excluding hydrogens is 223 g/mol. The zero-order valence-corrected chi connectivity index (χ0v) is 8.71. The summed E-state index contributed by atoms with van der Waals surface area (Å²) in [6, 6.07) is 1.20. The lowest BCUT2D eigenvalue weighted by Gasteiger charge is -2.05. The van der Waals surface area contributed by atoms with Gasteiger partial charge < -0.3 is 9.72 Å². The highest BCUT2D eigenvalue weighted by Gasteiger charge is 2.20. The predicted octanol–water partition coefficient (Wildman–Crippen LogP) is 0.721. The number of ether oxygens (including phenoxy) is 1. The lowest BCUT2D eigenvalue weighted by atomic mass is 10.7. The van der Waals surface area contributed by atoms with E-state index in [1.165, 1.54) is 12.3 Å². The first-order chi connectivity index (χ1) is 7.13. The summed E-state index contributed by atoms with van der Waals surface area (Å²) >= 11 is 0.498. The second-order valence-electron chi connectivity index (χ2n) is 2.43. The minimum absolute atomic E-state index is 0.0445. The van der Waals surface area contributed by atoms with Gasteiger partial charge in [0, 0.05) is 12.3 Å². The maximum absolute atomic E-state index is 13.1. The largest absolute Gasteiger partial charge is 0.463 e. The minimum Gasteiger partial charge on any atom is -0.463 e. The van der Waals surface area contributed by atoms with E-state index in [2.05, 4.69) is 14.7 Å². The molecule has 0 spiro atoms. The van der Waals surface area contributed by atoms with E-state index in [1.54, 1.807) is 6.92 Å². The highest BCUT2D eigenvalue weighted by atomic mass is 32.2. The molecule has 0 amide bonds. The molecule has 0 aromatic carbocycles. The Labute approximate surface area is 89.1 Å². The molecule has 5 nitrogen and oxygen atoms in total. The molecule has 1 aromatic rings. The van der Waals surface area contributed by atoms with E-state index in [1.807, 2.05) is 0 Å². The average Bonchev–Trinajstić information content (AvgIpc) is 2.18. The fraction of sp³-hybridized carbons (Fsp3) is 0.375. The van der Waals surface area contributed by atoms with Gasteiger partial charge in [0.25, 0.3) is 5.56 Å². The first kappa shape index (κ1) is 11.7. The van der Waals surface area contributed by atoms with Crippen LogP contribution in [-0.4, -0.2) is 28.0 Å². The average molecular weight is 232 g/mol. The number of H-pyrrole nitrogens is 1. The summed E-state index contributed by atoms with van der Waals surface area (Å²) in [6.45, 7) is 1.69. The van der Waals surface area contributed by atoms with Crippen LogP contribution in [0.4, 0.5) is 4.39 Å². The molecule has 15 heavy (non-hydrogen) atoms. The van der Waals surface area contributed by atoms with Crippen molar-refractivity contribution in [1.82, 2.24) is 9.97 Å². The number of nitrogens with one attached hydrogen (secondary N) is 1. The van der Waals surface area contributed by atoms with E-state index in [4.69, 9.17) is 0 Å².